The van der Waals surface area contributed by atoms with Gasteiger partial charge in [-0.3, -0.25) is 4.79 Å². The van der Waals surface area contributed by atoms with E-state index in [9.17, 15) is 4.79 Å². The zero-order chi connectivity index (χ0) is 19.2. The lowest BCUT2D eigenvalue weighted by Gasteiger charge is -2.32. The van der Waals surface area contributed by atoms with Crippen LogP contribution >= 0.6 is 0 Å². The third kappa shape index (κ3) is 5.42. The fraction of sp³-hybridized carbons (Fsp3) is 0.476. The number of likely N-dealkylation sites (tertiary alicyclic amines) is 1. The smallest absolute Gasteiger partial charge is 0.223 e. The summed E-state index contributed by atoms with van der Waals surface area (Å²) in [6.07, 6.45) is 3.10. The Bertz CT molecular complexity index is 756. The number of hydrogen-bond acceptors (Lipinski definition) is 5. The van der Waals surface area contributed by atoms with Crippen LogP contribution in [0.25, 0.3) is 0 Å². The van der Waals surface area contributed by atoms with Gasteiger partial charge in [0.25, 0.3) is 0 Å². The molecule has 6 nitrogen and oxygen atoms in total. The molecule has 6 heteroatoms. The molecule has 0 aliphatic carbocycles. The molecule has 144 valence electrons. The predicted molar refractivity (Wildman–Crippen MR) is 103 cm³/mol. The zero-order valence-electron chi connectivity index (χ0n) is 16.3. The van der Waals surface area contributed by atoms with Gasteiger partial charge in [-0.05, 0) is 50.8 Å². The van der Waals surface area contributed by atoms with E-state index in [-0.39, 0.29) is 12.0 Å². The summed E-state index contributed by atoms with van der Waals surface area (Å²) in [5, 5.41) is 0. The molecule has 2 aromatic rings. The molecule has 1 aromatic carbocycles. The standard InChI is InChI=1S/C21H27N3O3/c1-15-13-20(23-16(2)22-15)27-19-5-4-12-24(14-19)21(25)11-8-17-6-9-18(26-3)10-7-17/h6-7,9-10,13,19H,4-5,8,11-12,14H2,1-3H3. The topological polar surface area (TPSA) is 64.5 Å². The Morgan fingerprint density at radius 3 is 2.70 bits per heavy atom. The van der Waals surface area contributed by atoms with Crippen molar-refractivity contribution in [1.82, 2.24) is 14.9 Å². The van der Waals surface area contributed by atoms with Crippen molar-refractivity contribution >= 4 is 5.91 Å². The molecule has 1 aliphatic rings. The Labute approximate surface area is 160 Å². The summed E-state index contributed by atoms with van der Waals surface area (Å²) in [5.41, 5.74) is 2.03. The lowest BCUT2D eigenvalue weighted by Crippen LogP contribution is -2.44. The van der Waals surface area contributed by atoms with Crippen molar-refractivity contribution in [1.29, 1.82) is 0 Å². The molecule has 1 unspecified atom stereocenters. The molecule has 1 aliphatic heterocycles. The first kappa shape index (κ1) is 19.1. The average molecular weight is 369 g/mol. The Morgan fingerprint density at radius 1 is 1.22 bits per heavy atom. The predicted octanol–water partition coefficient (Wildman–Crippen LogP) is 3.10. The number of ether oxygens (including phenoxy) is 2. The van der Waals surface area contributed by atoms with Crippen molar-refractivity contribution in [3.63, 3.8) is 0 Å². The average Bonchev–Trinajstić information content (AvgIpc) is 2.66. The lowest BCUT2D eigenvalue weighted by molar-refractivity contribution is -0.133. The van der Waals surface area contributed by atoms with E-state index >= 15 is 0 Å². The van der Waals surface area contributed by atoms with Crippen LogP contribution in [0.4, 0.5) is 0 Å². The largest absolute Gasteiger partial charge is 0.497 e. The molecule has 1 aromatic heterocycles. The highest BCUT2D eigenvalue weighted by molar-refractivity contribution is 5.76. The van der Waals surface area contributed by atoms with E-state index in [4.69, 9.17) is 9.47 Å². The van der Waals surface area contributed by atoms with Crippen LogP contribution in [0.3, 0.4) is 0 Å². The molecule has 2 heterocycles. The summed E-state index contributed by atoms with van der Waals surface area (Å²) in [5.74, 6) is 2.30. The fourth-order valence-corrected chi connectivity index (χ4v) is 3.38. The van der Waals surface area contributed by atoms with Crippen LogP contribution < -0.4 is 9.47 Å². The number of carbonyl (C=O) groups is 1. The van der Waals surface area contributed by atoms with E-state index < -0.39 is 0 Å². The van der Waals surface area contributed by atoms with Gasteiger partial charge in [0.2, 0.25) is 11.8 Å². The third-order valence-corrected chi connectivity index (χ3v) is 4.75. The monoisotopic (exact) mass is 369 g/mol. The lowest BCUT2D eigenvalue weighted by atomic mass is 10.1. The molecule has 1 atom stereocenters. The third-order valence-electron chi connectivity index (χ3n) is 4.75. The van der Waals surface area contributed by atoms with Gasteiger partial charge in [0.05, 0.1) is 13.7 Å². The number of aryl methyl sites for hydroxylation is 3. The fourth-order valence-electron chi connectivity index (χ4n) is 3.38. The van der Waals surface area contributed by atoms with Gasteiger partial charge in [0.15, 0.2) is 0 Å². The first-order valence-corrected chi connectivity index (χ1v) is 9.43. The molecule has 1 saturated heterocycles. The maximum Gasteiger partial charge on any atom is 0.223 e. The number of aromatic nitrogens is 2. The second kappa shape index (κ2) is 8.84. The quantitative estimate of drug-likeness (QED) is 0.783. The Kier molecular flexibility index (Phi) is 6.27. The van der Waals surface area contributed by atoms with Gasteiger partial charge in [0.1, 0.15) is 17.7 Å². The van der Waals surface area contributed by atoms with E-state index in [1.54, 1.807) is 7.11 Å². The van der Waals surface area contributed by atoms with E-state index in [0.717, 1.165) is 42.8 Å². The number of amides is 1. The zero-order valence-corrected chi connectivity index (χ0v) is 16.3. The van der Waals surface area contributed by atoms with Crippen LogP contribution in [-0.4, -0.2) is 47.1 Å². The second-order valence-electron chi connectivity index (χ2n) is 6.96. The SMILES string of the molecule is COc1ccc(CCC(=O)N2CCCC(Oc3cc(C)nc(C)n3)C2)cc1. The van der Waals surface area contributed by atoms with Gasteiger partial charge >= 0.3 is 0 Å². The number of benzene rings is 1. The molecule has 27 heavy (non-hydrogen) atoms. The first-order valence-electron chi connectivity index (χ1n) is 9.43. The molecule has 0 bridgehead atoms. The summed E-state index contributed by atoms with van der Waals surface area (Å²) in [6.45, 7) is 5.19. The minimum Gasteiger partial charge on any atom is -0.497 e. The van der Waals surface area contributed by atoms with Crippen LogP contribution in [0, 0.1) is 13.8 Å². The van der Waals surface area contributed by atoms with E-state index in [2.05, 4.69) is 9.97 Å². The van der Waals surface area contributed by atoms with Crippen LogP contribution in [-0.2, 0) is 11.2 Å². The summed E-state index contributed by atoms with van der Waals surface area (Å²) < 4.78 is 11.2. The van der Waals surface area contributed by atoms with Crippen LogP contribution in [0.1, 0.15) is 36.3 Å². The van der Waals surface area contributed by atoms with Crippen molar-refractivity contribution in [2.75, 3.05) is 20.2 Å². The van der Waals surface area contributed by atoms with E-state index in [1.807, 2.05) is 49.1 Å². The Hall–Kier alpha value is -2.63. The van der Waals surface area contributed by atoms with Crippen molar-refractivity contribution in [3.8, 4) is 11.6 Å². The summed E-state index contributed by atoms with van der Waals surface area (Å²) in [6, 6.07) is 9.71. The second-order valence-corrected chi connectivity index (χ2v) is 6.96. The van der Waals surface area contributed by atoms with Crippen molar-refractivity contribution < 1.29 is 14.3 Å². The van der Waals surface area contributed by atoms with Crippen molar-refractivity contribution in [2.45, 2.75) is 45.6 Å². The molecule has 0 saturated carbocycles. The summed E-state index contributed by atoms with van der Waals surface area (Å²) >= 11 is 0. The first-order chi connectivity index (χ1) is 13.0. The molecule has 0 radical (unpaired) electrons. The molecule has 0 N–H and O–H groups in total. The molecule has 3 rings (SSSR count). The minimum atomic E-state index is -0.0163. The highest BCUT2D eigenvalue weighted by atomic mass is 16.5. The van der Waals surface area contributed by atoms with E-state index in [0.29, 0.717) is 24.7 Å². The van der Waals surface area contributed by atoms with Gasteiger partial charge in [-0.15, -0.1) is 0 Å². The van der Waals surface area contributed by atoms with Gasteiger partial charge in [-0.25, -0.2) is 4.98 Å². The molecule has 1 amide bonds. The number of piperidine rings is 1. The van der Waals surface area contributed by atoms with Crippen molar-refractivity contribution in [2.24, 2.45) is 0 Å². The van der Waals surface area contributed by atoms with Crippen LogP contribution in [0.5, 0.6) is 11.6 Å². The van der Waals surface area contributed by atoms with Gasteiger partial charge in [-0.2, -0.15) is 4.98 Å². The normalized spacial score (nSPS) is 16.9. The Balaban J connectivity index is 1.52. The molecular weight excluding hydrogens is 342 g/mol. The number of methoxy groups -OCH3 is 1. The molecule has 0 spiro atoms. The number of rotatable bonds is 6. The summed E-state index contributed by atoms with van der Waals surface area (Å²) in [4.78, 5) is 23.1. The maximum absolute atomic E-state index is 12.6. The van der Waals surface area contributed by atoms with Gasteiger partial charge < -0.3 is 14.4 Å². The minimum absolute atomic E-state index is 0.0163. The molecule has 1 fully saturated rings. The van der Waals surface area contributed by atoms with Gasteiger partial charge in [-0.1, -0.05) is 12.1 Å². The molecular formula is C21H27N3O3. The number of hydrogen-bond donors (Lipinski definition) is 0. The van der Waals surface area contributed by atoms with Crippen LogP contribution in [0.15, 0.2) is 30.3 Å². The van der Waals surface area contributed by atoms with Crippen molar-refractivity contribution in [3.05, 3.63) is 47.4 Å². The van der Waals surface area contributed by atoms with Gasteiger partial charge in [0, 0.05) is 24.7 Å². The summed E-state index contributed by atoms with van der Waals surface area (Å²) in [7, 11) is 1.65. The van der Waals surface area contributed by atoms with Crippen LogP contribution in [0.2, 0.25) is 0 Å². The highest BCUT2D eigenvalue weighted by Crippen LogP contribution is 2.19. The van der Waals surface area contributed by atoms with E-state index in [1.165, 1.54) is 0 Å². The highest BCUT2D eigenvalue weighted by Gasteiger charge is 2.25. The maximum atomic E-state index is 12.6. The number of nitrogens with zero attached hydrogens (tertiary/aromatic N) is 3. The number of carbonyl (C=O) groups excluding carboxylic acids is 1. The Morgan fingerprint density at radius 2 is 2.00 bits per heavy atom.